The van der Waals surface area contributed by atoms with Crippen LogP contribution in [0.5, 0.6) is 0 Å². The van der Waals surface area contributed by atoms with Crippen LogP contribution in [0.4, 0.5) is 0 Å². The van der Waals surface area contributed by atoms with Gasteiger partial charge in [0.1, 0.15) is 6.61 Å². The fourth-order valence-electron chi connectivity index (χ4n) is 0.692. The molecule has 1 aromatic heterocycles. The van der Waals surface area contributed by atoms with E-state index in [0.29, 0.717) is 11.7 Å². The fraction of sp³-hybridized carbons (Fsp3) is 0.714. The van der Waals surface area contributed by atoms with Crippen molar-refractivity contribution in [3.8, 4) is 0 Å². The molecule has 1 aromatic rings. The van der Waals surface area contributed by atoms with Crippen LogP contribution in [0.1, 0.15) is 32.5 Å². The molecule has 0 aliphatic carbocycles. The molecule has 0 aromatic carbocycles. The standard InChI is InChI=1S/C7H13N3O2/c1-7(2,3)6-9-5(4-11-8)10-12-6/h4,8H2,1-3H3. The van der Waals surface area contributed by atoms with Gasteiger partial charge < -0.3 is 4.52 Å². The summed E-state index contributed by atoms with van der Waals surface area (Å²) in [5, 5.41) is 3.68. The van der Waals surface area contributed by atoms with Gasteiger partial charge in [-0.25, -0.2) is 5.90 Å². The summed E-state index contributed by atoms with van der Waals surface area (Å²) in [4.78, 5) is 8.46. The first-order chi connectivity index (χ1) is 5.54. The van der Waals surface area contributed by atoms with Crippen LogP contribution in [0.15, 0.2) is 4.52 Å². The molecule has 5 nitrogen and oxygen atoms in total. The topological polar surface area (TPSA) is 74.2 Å². The lowest BCUT2D eigenvalue weighted by atomic mass is 9.97. The summed E-state index contributed by atoms with van der Waals surface area (Å²) in [5.74, 6) is 5.92. The van der Waals surface area contributed by atoms with Crippen LogP contribution < -0.4 is 5.90 Å². The van der Waals surface area contributed by atoms with Crippen molar-refractivity contribution in [1.82, 2.24) is 10.1 Å². The number of rotatable bonds is 2. The minimum Gasteiger partial charge on any atom is -0.339 e. The number of hydrogen-bond acceptors (Lipinski definition) is 5. The van der Waals surface area contributed by atoms with Gasteiger partial charge in [0.15, 0.2) is 5.82 Å². The highest BCUT2D eigenvalue weighted by molar-refractivity contribution is 4.97. The van der Waals surface area contributed by atoms with E-state index in [-0.39, 0.29) is 12.0 Å². The monoisotopic (exact) mass is 171 g/mol. The highest BCUT2D eigenvalue weighted by Crippen LogP contribution is 2.19. The molecule has 1 heterocycles. The second kappa shape index (κ2) is 3.20. The zero-order valence-corrected chi connectivity index (χ0v) is 7.50. The Bertz CT molecular complexity index is 251. The van der Waals surface area contributed by atoms with Crippen LogP contribution in [0.3, 0.4) is 0 Å². The normalized spacial score (nSPS) is 12.0. The van der Waals surface area contributed by atoms with Gasteiger partial charge in [0.05, 0.1) is 0 Å². The second-order valence-electron chi connectivity index (χ2n) is 3.58. The molecular formula is C7H13N3O2. The van der Waals surface area contributed by atoms with Crippen LogP contribution in [0.2, 0.25) is 0 Å². The molecule has 0 aliphatic heterocycles. The van der Waals surface area contributed by atoms with Crippen LogP contribution in [0.25, 0.3) is 0 Å². The molecule has 12 heavy (non-hydrogen) atoms. The van der Waals surface area contributed by atoms with Crippen molar-refractivity contribution < 1.29 is 9.36 Å². The molecule has 0 radical (unpaired) electrons. The molecule has 0 fully saturated rings. The Morgan fingerprint density at radius 2 is 2.17 bits per heavy atom. The van der Waals surface area contributed by atoms with Crippen molar-refractivity contribution in [2.75, 3.05) is 0 Å². The summed E-state index contributed by atoms with van der Waals surface area (Å²) in [7, 11) is 0. The zero-order valence-electron chi connectivity index (χ0n) is 7.50. The summed E-state index contributed by atoms with van der Waals surface area (Å²) in [5.41, 5.74) is -0.125. The van der Waals surface area contributed by atoms with Crippen molar-refractivity contribution >= 4 is 0 Å². The summed E-state index contributed by atoms with van der Waals surface area (Å²) in [6.45, 7) is 6.16. The van der Waals surface area contributed by atoms with Gasteiger partial charge in [-0.15, -0.1) is 0 Å². The van der Waals surface area contributed by atoms with Crippen molar-refractivity contribution in [3.05, 3.63) is 11.7 Å². The van der Waals surface area contributed by atoms with Crippen LogP contribution in [-0.2, 0) is 16.9 Å². The quantitative estimate of drug-likeness (QED) is 0.665. The van der Waals surface area contributed by atoms with Crippen LogP contribution >= 0.6 is 0 Å². The summed E-state index contributed by atoms with van der Waals surface area (Å²) in [6.07, 6.45) is 0. The maximum Gasteiger partial charge on any atom is 0.232 e. The van der Waals surface area contributed by atoms with Gasteiger partial charge in [-0.05, 0) is 0 Å². The molecular weight excluding hydrogens is 158 g/mol. The lowest BCUT2D eigenvalue weighted by Crippen LogP contribution is -2.11. The molecule has 2 N–H and O–H groups in total. The lowest BCUT2D eigenvalue weighted by Gasteiger charge is -2.10. The first-order valence-corrected chi connectivity index (χ1v) is 3.69. The maximum absolute atomic E-state index is 4.98. The average Bonchev–Trinajstić information content (AvgIpc) is 2.35. The molecule has 0 saturated carbocycles. The molecule has 0 amide bonds. The van der Waals surface area contributed by atoms with Crippen LogP contribution in [0, 0.1) is 0 Å². The molecule has 0 unspecified atom stereocenters. The Morgan fingerprint density at radius 1 is 1.50 bits per heavy atom. The Labute approximate surface area is 70.8 Å². The fourth-order valence-corrected chi connectivity index (χ4v) is 0.692. The van der Waals surface area contributed by atoms with E-state index in [4.69, 9.17) is 10.4 Å². The molecule has 0 aliphatic rings. The third-order valence-electron chi connectivity index (χ3n) is 1.32. The van der Waals surface area contributed by atoms with E-state index < -0.39 is 0 Å². The summed E-state index contributed by atoms with van der Waals surface area (Å²) < 4.78 is 4.98. The first-order valence-electron chi connectivity index (χ1n) is 3.69. The number of hydrogen-bond donors (Lipinski definition) is 1. The van der Waals surface area contributed by atoms with E-state index in [1.807, 2.05) is 20.8 Å². The van der Waals surface area contributed by atoms with Gasteiger partial charge in [0, 0.05) is 5.41 Å². The second-order valence-corrected chi connectivity index (χ2v) is 3.58. The molecule has 0 spiro atoms. The molecule has 0 bridgehead atoms. The Balaban J connectivity index is 2.77. The van der Waals surface area contributed by atoms with Gasteiger partial charge in [-0.2, -0.15) is 4.98 Å². The van der Waals surface area contributed by atoms with Gasteiger partial charge in [-0.3, -0.25) is 4.84 Å². The Morgan fingerprint density at radius 3 is 2.58 bits per heavy atom. The lowest BCUT2D eigenvalue weighted by molar-refractivity contribution is 0.116. The summed E-state index contributed by atoms with van der Waals surface area (Å²) in [6, 6.07) is 0. The summed E-state index contributed by atoms with van der Waals surface area (Å²) >= 11 is 0. The van der Waals surface area contributed by atoms with E-state index in [9.17, 15) is 0 Å². The van der Waals surface area contributed by atoms with Gasteiger partial charge in [0.25, 0.3) is 0 Å². The Hall–Kier alpha value is -0.940. The maximum atomic E-state index is 4.98. The third-order valence-corrected chi connectivity index (χ3v) is 1.32. The minimum absolute atomic E-state index is 0.125. The van der Waals surface area contributed by atoms with Crippen LogP contribution in [-0.4, -0.2) is 10.1 Å². The van der Waals surface area contributed by atoms with Gasteiger partial charge in [-0.1, -0.05) is 25.9 Å². The van der Waals surface area contributed by atoms with Gasteiger partial charge in [0.2, 0.25) is 5.89 Å². The number of aromatic nitrogens is 2. The molecule has 68 valence electrons. The SMILES string of the molecule is CC(C)(C)c1nc(CON)no1. The van der Waals surface area contributed by atoms with Gasteiger partial charge >= 0.3 is 0 Å². The van der Waals surface area contributed by atoms with Crippen molar-refractivity contribution in [1.29, 1.82) is 0 Å². The molecule has 1 rings (SSSR count). The predicted molar refractivity (Wildman–Crippen MR) is 42.0 cm³/mol. The Kier molecular flexibility index (Phi) is 2.44. The van der Waals surface area contributed by atoms with E-state index in [0.717, 1.165) is 0 Å². The van der Waals surface area contributed by atoms with Crippen molar-refractivity contribution in [3.63, 3.8) is 0 Å². The predicted octanol–water partition coefficient (Wildman–Crippen LogP) is 0.757. The van der Waals surface area contributed by atoms with E-state index in [2.05, 4.69) is 15.0 Å². The molecule has 0 atom stereocenters. The molecule has 5 heteroatoms. The zero-order chi connectivity index (χ0) is 9.19. The minimum atomic E-state index is -0.125. The first kappa shape index (κ1) is 9.15. The van der Waals surface area contributed by atoms with E-state index in [1.165, 1.54) is 0 Å². The average molecular weight is 171 g/mol. The largest absolute Gasteiger partial charge is 0.339 e. The molecule has 0 saturated heterocycles. The van der Waals surface area contributed by atoms with E-state index in [1.54, 1.807) is 0 Å². The number of nitrogens with zero attached hydrogens (tertiary/aromatic N) is 2. The highest BCUT2D eigenvalue weighted by Gasteiger charge is 2.21. The highest BCUT2D eigenvalue weighted by atomic mass is 16.6. The number of nitrogens with two attached hydrogens (primary N) is 1. The van der Waals surface area contributed by atoms with Crippen molar-refractivity contribution in [2.45, 2.75) is 32.8 Å². The van der Waals surface area contributed by atoms with E-state index >= 15 is 0 Å². The smallest absolute Gasteiger partial charge is 0.232 e. The third kappa shape index (κ3) is 2.02. The van der Waals surface area contributed by atoms with Crippen molar-refractivity contribution in [2.24, 2.45) is 5.90 Å².